The Balaban J connectivity index is 1.65. The first-order valence-electron chi connectivity index (χ1n) is 8.70. The highest BCUT2D eigenvalue weighted by Gasteiger charge is 2.50. The molecule has 0 unspecified atom stereocenters. The Morgan fingerprint density at radius 1 is 1.29 bits per heavy atom. The Morgan fingerprint density at radius 3 is 2.88 bits per heavy atom. The molecule has 1 N–H and O–H groups in total. The van der Waals surface area contributed by atoms with Crippen LogP contribution in [0.5, 0.6) is 0 Å². The van der Waals surface area contributed by atoms with Gasteiger partial charge in [0.05, 0.1) is 10.3 Å². The minimum absolute atomic E-state index is 0.0516. The first-order valence-corrected chi connectivity index (χ1v) is 9.51. The van der Waals surface area contributed by atoms with Crippen LogP contribution in [-0.2, 0) is 4.79 Å². The maximum atomic E-state index is 13.1. The Hall–Kier alpha value is -1.88. The van der Waals surface area contributed by atoms with Crippen molar-refractivity contribution < 1.29 is 9.59 Å². The van der Waals surface area contributed by atoms with Crippen molar-refractivity contribution in [2.24, 2.45) is 5.41 Å². The molecule has 4 rings (SSSR count). The number of rotatable bonds is 1. The summed E-state index contributed by atoms with van der Waals surface area (Å²) >= 11 is 1.55. The minimum atomic E-state index is -0.400. The van der Waals surface area contributed by atoms with Gasteiger partial charge in [-0.3, -0.25) is 9.59 Å². The van der Waals surface area contributed by atoms with Crippen molar-refractivity contribution >= 4 is 33.2 Å². The fourth-order valence-corrected chi connectivity index (χ4v) is 5.32. The van der Waals surface area contributed by atoms with Crippen LogP contribution in [0.25, 0.3) is 10.1 Å². The van der Waals surface area contributed by atoms with E-state index in [4.69, 9.17) is 0 Å². The van der Waals surface area contributed by atoms with Gasteiger partial charge in [0.25, 0.3) is 5.91 Å². The highest BCUT2D eigenvalue weighted by molar-refractivity contribution is 7.20. The predicted octanol–water partition coefficient (Wildman–Crippen LogP) is 3.42. The number of nitrogens with one attached hydrogen (secondary N) is 1. The van der Waals surface area contributed by atoms with E-state index >= 15 is 0 Å². The molecule has 2 saturated heterocycles. The molecule has 3 heterocycles. The van der Waals surface area contributed by atoms with E-state index in [1.807, 2.05) is 35.2 Å². The largest absolute Gasteiger partial charge is 0.356 e. The minimum Gasteiger partial charge on any atom is -0.356 e. The van der Waals surface area contributed by atoms with Gasteiger partial charge in [0.2, 0.25) is 5.91 Å². The van der Waals surface area contributed by atoms with Gasteiger partial charge in [-0.15, -0.1) is 11.3 Å². The van der Waals surface area contributed by atoms with Crippen LogP contribution in [0, 0.1) is 5.41 Å². The number of piperidine rings is 2. The Labute approximate surface area is 145 Å². The third kappa shape index (κ3) is 2.34. The second-order valence-electron chi connectivity index (χ2n) is 6.94. The van der Waals surface area contributed by atoms with Gasteiger partial charge in [-0.05, 0) is 50.1 Å². The normalized spacial score (nSPS) is 27.5. The molecule has 4 nitrogen and oxygen atoms in total. The molecule has 1 aromatic heterocycles. The molecule has 0 bridgehead atoms. The predicted molar refractivity (Wildman–Crippen MR) is 96.2 cm³/mol. The molecule has 24 heavy (non-hydrogen) atoms. The highest BCUT2D eigenvalue weighted by Crippen LogP contribution is 2.42. The summed E-state index contributed by atoms with van der Waals surface area (Å²) in [5, 5.41) is 4.13. The fourth-order valence-electron chi connectivity index (χ4n) is 4.30. The molecule has 2 aromatic rings. The quantitative estimate of drug-likeness (QED) is 0.863. The summed E-state index contributed by atoms with van der Waals surface area (Å²) in [6.45, 7) is 3.55. The molecule has 5 heteroatoms. The number of hydrogen-bond donors (Lipinski definition) is 1. The van der Waals surface area contributed by atoms with Crippen molar-refractivity contribution in [2.45, 2.75) is 38.6 Å². The zero-order valence-corrected chi connectivity index (χ0v) is 14.7. The molecule has 2 amide bonds. The lowest BCUT2D eigenvalue weighted by Crippen LogP contribution is -2.60. The maximum absolute atomic E-state index is 13.1. The van der Waals surface area contributed by atoms with Crippen LogP contribution in [0.1, 0.15) is 42.3 Å². The van der Waals surface area contributed by atoms with Gasteiger partial charge in [0.15, 0.2) is 0 Å². The smallest absolute Gasteiger partial charge is 0.264 e. The van der Waals surface area contributed by atoms with E-state index in [1.165, 1.54) is 0 Å². The van der Waals surface area contributed by atoms with E-state index in [0.29, 0.717) is 0 Å². The zero-order valence-electron chi connectivity index (χ0n) is 13.9. The summed E-state index contributed by atoms with van der Waals surface area (Å²) in [5.41, 5.74) is -0.400. The third-order valence-corrected chi connectivity index (χ3v) is 6.83. The van der Waals surface area contributed by atoms with Gasteiger partial charge in [0, 0.05) is 23.8 Å². The summed E-state index contributed by atoms with van der Waals surface area (Å²) in [6.07, 6.45) is 3.67. The van der Waals surface area contributed by atoms with Crippen LogP contribution in [0.3, 0.4) is 0 Å². The van der Waals surface area contributed by atoms with Gasteiger partial charge in [-0.25, -0.2) is 0 Å². The lowest BCUT2D eigenvalue weighted by molar-refractivity contribution is -0.140. The maximum Gasteiger partial charge on any atom is 0.264 e. The van der Waals surface area contributed by atoms with E-state index < -0.39 is 5.41 Å². The molecule has 2 aliphatic heterocycles. The summed E-state index contributed by atoms with van der Waals surface area (Å²) in [5.74, 6) is 0.205. The monoisotopic (exact) mass is 342 g/mol. The number of thiophene rings is 1. The van der Waals surface area contributed by atoms with Gasteiger partial charge in [-0.2, -0.15) is 0 Å². The van der Waals surface area contributed by atoms with Gasteiger partial charge in [-0.1, -0.05) is 18.2 Å². The van der Waals surface area contributed by atoms with Crippen molar-refractivity contribution in [3.8, 4) is 0 Å². The van der Waals surface area contributed by atoms with Crippen LogP contribution in [0.15, 0.2) is 30.3 Å². The second-order valence-corrected chi connectivity index (χ2v) is 8.03. The first-order chi connectivity index (χ1) is 11.6. The Bertz CT molecular complexity index is 763. The van der Waals surface area contributed by atoms with E-state index in [0.717, 1.165) is 53.7 Å². The molecule has 2 aliphatic rings. The Kier molecular flexibility index (Phi) is 3.83. The number of carbonyl (C=O) groups is 2. The molecular formula is C19H22N2O2S. The van der Waals surface area contributed by atoms with Crippen LogP contribution in [0.2, 0.25) is 0 Å². The number of nitrogens with zero attached hydrogens (tertiary/aromatic N) is 1. The number of hydrogen-bond acceptors (Lipinski definition) is 3. The van der Waals surface area contributed by atoms with Crippen molar-refractivity contribution in [1.29, 1.82) is 0 Å². The molecule has 1 spiro atoms. The van der Waals surface area contributed by atoms with Crippen LogP contribution < -0.4 is 5.32 Å². The van der Waals surface area contributed by atoms with Crippen molar-refractivity contribution in [3.05, 3.63) is 35.2 Å². The second kappa shape index (κ2) is 5.88. The van der Waals surface area contributed by atoms with Crippen molar-refractivity contribution in [3.63, 3.8) is 0 Å². The number of likely N-dealkylation sites (tertiary alicyclic amines) is 1. The molecule has 2 fully saturated rings. The number of fused-ring (bicyclic) bond motifs is 1. The van der Waals surface area contributed by atoms with Crippen LogP contribution in [0.4, 0.5) is 0 Å². The van der Waals surface area contributed by atoms with E-state index in [-0.39, 0.29) is 17.9 Å². The third-order valence-electron chi connectivity index (χ3n) is 5.72. The average molecular weight is 342 g/mol. The summed E-state index contributed by atoms with van der Waals surface area (Å²) in [4.78, 5) is 28.4. The summed E-state index contributed by atoms with van der Waals surface area (Å²) in [6, 6.07) is 10.0. The van der Waals surface area contributed by atoms with Crippen LogP contribution in [-0.4, -0.2) is 35.8 Å². The number of benzene rings is 1. The Morgan fingerprint density at radius 2 is 2.08 bits per heavy atom. The topological polar surface area (TPSA) is 49.4 Å². The summed E-state index contributed by atoms with van der Waals surface area (Å²) in [7, 11) is 0. The van der Waals surface area contributed by atoms with Gasteiger partial charge in [0.1, 0.15) is 0 Å². The molecule has 2 atom stereocenters. The fraction of sp³-hybridized carbons (Fsp3) is 0.474. The standard InChI is InChI=1S/C19H22N2O2S/c1-13-19(8-4-10-20-18(19)23)9-5-11-21(13)17(22)16-12-14-6-2-3-7-15(14)24-16/h2-3,6-7,12-13H,4-5,8-11H2,1H3,(H,20,23)/t13-,19-/m0/s1. The first kappa shape index (κ1) is 15.6. The van der Waals surface area contributed by atoms with Crippen molar-refractivity contribution in [2.75, 3.05) is 13.1 Å². The van der Waals surface area contributed by atoms with Crippen LogP contribution >= 0.6 is 11.3 Å². The molecule has 0 aliphatic carbocycles. The van der Waals surface area contributed by atoms with Gasteiger partial charge < -0.3 is 10.2 Å². The highest BCUT2D eigenvalue weighted by atomic mass is 32.1. The van der Waals surface area contributed by atoms with Gasteiger partial charge >= 0.3 is 0 Å². The van der Waals surface area contributed by atoms with E-state index in [1.54, 1.807) is 11.3 Å². The molecular weight excluding hydrogens is 320 g/mol. The molecule has 0 saturated carbocycles. The summed E-state index contributed by atoms with van der Waals surface area (Å²) < 4.78 is 1.13. The lowest BCUT2D eigenvalue weighted by atomic mass is 9.68. The van der Waals surface area contributed by atoms with E-state index in [2.05, 4.69) is 12.2 Å². The SMILES string of the molecule is C[C@@H]1N(C(=O)c2cc3ccccc3s2)CCC[C@@]12CCCNC2=O. The van der Waals surface area contributed by atoms with Crippen molar-refractivity contribution in [1.82, 2.24) is 10.2 Å². The number of amides is 2. The molecule has 0 radical (unpaired) electrons. The zero-order chi connectivity index (χ0) is 16.7. The number of carbonyl (C=O) groups excluding carboxylic acids is 2. The molecule has 1 aromatic carbocycles. The molecule has 126 valence electrons. The average Bonchev–Trinajstić information content (AvgIpc) is 3.03. The van der Waals surface area contributed by atoms with E-state index in [9.17, 15) is 9.59 Å². The lowest BCUT2D eigenvalue weighted by Gasteiger charge is -2.49.